The molecule has 0 aromatic heterocycles. The number of piperazine rings is 1. The van der Waals surface area contributed by atoms with Crippen molar-refractivity contribution in [2.75, 3.05) is 45.9 Å². The summed E-state index contributed by atoms with van der Waals surface area (Å²) in [6, 6.07) is 7.54. The molecule has 1 amide bonds. The first-order valence-electron chi connectivity index (χ1n) is 8.69. The molecule has 5 nitrogen and oxygen atoms in total. The highest BCUT2D eigenvalue weighted by Crippen LogP contribution is 2.16. The Kier molecular flexibility index (Phi) is 7.36. The average Bonchev–Trinajstić information content (AvgIpc) is 2.60. The second-order valence-corrected chi connectivity index (χ2v) is 6.01. The summed E-state index contributed by atoms with van der Waals surface area (Å²) >= 11 is 0. The molecule has 1 aromatic rings. The minimum Gasteiger partial charge on any atom is -0.494 e. The van der Waals surface area contributed by atoms with Gasteiger partial charge >= 0.3 is 0 Å². The number of carbonyl (C=O) groups excluding carboxylic acids is 1. The first-order valence-corrected chi connectivity index (χ1v) is 8.69. The summed E-state index contributed by atoms with van der Waals surface area (Å²) in [5.41, 5.74) is 6.27. The van der Waals surface area contributed by atoms with E-state index in [2.05, 4.69) is 11.8 Å². The molecule has 5 heteroatoms. The van der Waals surface area contributed by atoms with Crippen molar-refractivity contribution < 1.29 is 9.53 Å². The second-order valence-electron chi connectivity index (χ2n) is 6.01. The van der Waals surface area contributed by atoms with Crippen molar-refractivity contribution in [2.24, 2.45) is 5.73 Å². The number of hydrogen-bond donors (Lipinski definition) is 1. The summed E-state index contributed by atoms with van der Waals surface area (Å²) in [4.78, 5) is 16.9. The van der Waals surface area contributed by atoms with E-state index in [4.69, 9.17) is 10.5 Å². The number of amides is 1. The number of ether oxygens (including phenoxy) is 1. The van der Waals surface area contributed by atoms with E-state index in [9.17, 15) is 4.79 Å². The van der Waals surface area contributed by atoms with Crippen molar-refractivity contribution >= 4 is 5.91 Å². The summed E-state index contributed by atoms with van der Waals surface area (Å²) in [5.74, 6) is 0.885. The Morgan fingerprint density at radius 1 is 1.22 bits per heavy atom. The van der Waals surface area contributed by atoms with E-state index < -0.39 is 0 Å². The quantitative estimate of drug-likeness (QED) is 0.744. The summed E-state index contributed by atoms with van der Waals surface area (Å²) < 4.78 is 5.70. The van der Waals surface area contributed by atoms with Gasteiger partial charge in [0.1, 0.15) is 5.75 Å². The minimum absolute atomic E-state index is 0.101. The molecule has 1 heterocycles. The molecule has 0 spiro atoms. The molecule has 0 saturated carbocycles. The van der Waals surface area contributed by atoms with E-state index in [0.717, 1.165) is 69.8 Å². The number of rotatable bonds is 8. The first-order chi connectivity index (χ1) is 11.2. The van der Waals surface area contributed by atoms with Crippen LogP contribution in [0.4, 0.5) is 0 Å². The van der Waals surface area contributed by atoms with Gasteiger partial charge in [-0.15, -0.1) is 0 Å². The van der Waals surface area contributed by atoms with Crippen LogP contribution in [0.2, 0.25) is 0 Å². The predicted octanol–water partition coefficient (Wildman–Crippen LogP) is 1.97. The third kappa shape index (κ3) is 5.52. The number of carbonyl (C=O) groups is 1. The number of nitrogens with zero attached hydrogens (tertiary/aromatic N) is 2. The highest BCUT2D eigenvalue weighted by molar-refractivity contribution is 5.94. The molecule has 1 saturated heterocycles. The van der Waals surface area contributed by atoms with Crippen LogP contribution >= 0.6 is 0 Å². The van der Waals surface area contributed by atoms with Crippen LogP contribution in [0.5, 0.6) is 5.75 Å². The van der Waals surface area contributed by atoms with Crippen molar-refractivity contribution in [3.05, 3.63) is 29.8 Å². The molecule has 0 bridgehead atoms. The molecule has 0 radical (unpaired) electrons. The molecular weight excluding hydrogens is 290 g/mol. The summed E-state index contributed by atoms with van der Waals surface area (Å²) in [7, 11) is 0. The van der Waals surface area contributed by atoms with Crippen molar-refractivity contribution in [1.82, 2.24) is 9.80 Å². The average molecular weight is 319 g/mol. The summed E-state index contributed by atoms with van der Waals surface area (Å²) in [6.07, 6.45) is 3.15. The lowest BCUT2D eigenvalue weighted by Gasteiger charge is -2.34. The van der Waals surface area contributed by atoms with Gasteiger partial charge < -0.3 is 15.4 Å². The number of benzene rings is 1. The summed E-state index contributed by atoms with van der Waals surface area (Å²) in [6.45, 7) is 8.01. The molecule has 1 aliphatic rings. The third-order valence-corrected chi connectivity index (χ3v) is 4.19. The van der Waals surface area contributed by atoms with Gasteiger partial charge in [0, 0.05) is 31.7 Å². The standard InChI is InChI=1S/C18H29N3O2/c1-2-3-14-23-17-7-4-6-16(15-17)18(22)21-12-10-20(11-13-21)9-5-8-19/h4,6-7,15H,2-3,5,8-14,19H2,1H3. The lowest BCUT2D eigenvalue weighted by molar-refractivity contribution is 0.0636. The van der Waals surface area contributed by atoms with E-state index in [0.29, 0.717) is 6.61 Å². The van der Waals surface area contributed by atoms with Gasteiger partial charge in [-0.25, -0.2) is 0 Å². The van der Waals surface area contributed by atoms with Gasteiger partial charge in [-0.2, -0.15) is 0 Å². The molecule has 0 atom stereocenters. The first kappa shape index (κ1) is 17.8. The summed E-state index contributed by atoms with van der Waals surface area (Å²) in [5, 5.41) is 0. The van der Waals surface area contributed by atoms with Crippen LogP contribution in [-0.4, -0.2) is 61.6 Å². The van der Waals surface area contributed by atoms with Crippen LogP contribution < -0.4 is 10.5 Å². The molecule has 0 unspecified atom stereocenters. The van der Waals surface area contributed by atoms with Crippen LogP contribution in [-0.2, 0) is 0 Å². The van der Waals surface area contributed by atoms with Gasteiger partial charge in [0.15, 0.2) is 0 Å². The van der Waals surface area contributed by atoms with E-state index in [1.807, 2.05) is 29.2 Å². The van der Waals surface area contributed by atoms with Crippen LogP contribution in [0.25, 0.3) is 0 Å². The van der Waals surface area contributed by atoms with Gasteiger partial charge in [0.2, 0.25) is 0 Å². The smallest absolute Gasteiger partial charge is 0.254 e. The van der Waals surface area contributed by atoms with Gasteiger partial charge in [0.05, 0.1) is 6.61 Å². The van der Waals surface area contributed by atoms with E-state index in [1.165, 1.54) is 0 Å². The topological polar surface area (TPSA) is 58.8 Å². The maximum Gasteiger partial charge on any atom is 0.254 e. The van der Waals surface area contributed by atoms with Crippen LogP contribution in [0, 0.1) is 0 Å². The normalized spacial score (nSPS) is 15.7. The Morgan fingerprint density at radius 2 is 2.00 bits per heavy atom. The molecular formula is C18H29N3O2. The second kappa shape index (κ2) is 9.53. The van der Waals surface area contributed by atoms with Gasteiger partial charge in [-0.3, -0.25) is 9.69 Å². The molecule has 0 aliphatic carbocycles. The molecule has 1 aromatic carbocycles. The monoisotopic (exact) mass is 319 g/mol. The van der Waals surface area contributed by atoms with Crippen molar-refractivity contribution in [2.45, 2.75) is 26.2 Å². The maximum atomic E-state index is 12.6. The zero-order valence-corrected chi connectivity index (χ0v) is 14.2. The number of unbranched alkanes of at least 4 members (excludes halogenated alkanes) is 1. The molecule has 23 heavy (non-hydrogen) atoms. The fourth-order valence-corrected chi connectivity index (χ4v) is 2.73. The molecule has 1 aliphatic heterocycles. The fraction of sp³-hybridized carbons (Fsp3) is 0.611. The SMILES string of the molecule is CCCCOc1cccc(C(=O)N2CCN(CCCN)CC2)c1. The molecule has 1 fully saturated rings. The Balaban J connectivity index is 1.87. The van der Waals surface area contributed by atoms with E-state index in [-0.39, 0.29) is 5.91 Å². The van der Waals surface area contributed by atoms with E-state index >= 15 is 0 Å². The van der Waals surface area contributed by atoms with Gasteiger partial charge in [-0.05, 0) is 44.1 Å². The Morgan fingerprint density at radius 3 is 2.70 bits per heavy atom. The number of nitrogens with two attached hydrogens (primary N) is 1. The maximum absolute atomic E-state index is 12.6. The Labute approximate surface area is 139 Å². The van der Waals surface area contributed by atoms with Crippen molar-refractivity contribution in [3.8, 4) is 5.75 Å². The van der Waals surface area contributed by atoms with Crippen LogP contribution in [0.15, 0.2) is 24.3 Å². The van der Waals surface area contributed by atoms with Crippen LogP contribution in [0.3, 0.4) is 0 Å². The highest BCUT2D eigenvalue weighted by Gasteiger charge is 2.21. The predicted molar refractivity (Wildman–Crippen MR) is 92.9 cm³/mol. The largest absolute Gasteiger partial charge is 0.494 e. The minimum atomic E-state index is 0.101. The molecule has 2 N–H and O–H groups in total. The van der Waals surface area contributed by atoms with Crippen LogP contribution in [0.1, 0.15) is 36.5 Å². The van der Waals surface area contributed by atoms with Crippen molar-refractivity contribution in [3.63, 3.8) is 0 Å². The van der Waals surface area contributed by atoms with E-state index in [1.54, 1.807) is 0 Å². The zero-order valence-electron chi connectivity index (χ0n) is 14.2. The lowest BCUT2D eigenvalue weighted by atomic mass is 10.1. The lowest BCUT2D eigenvalue weighted by Crippen LogP contribution is -2.49. The van der Waals surface area contributed by atoms with Crippen molar-refractivity contribution in [1.29, 1.82) is 0 Å². The molecule has 128 valence electrons. The fourth-order valence-electron chi connectivity index (χ4n) is 2.73. The molecule has 2 rings (SSSR count). The Bertz CT molecular complexity index is 485. The zero-order chi connectivity index (χ0) is 16.5. The highest BCUT2D eigenvalue weighted by atomic mass is 16.5. The number of hydrogen-bond acceptors (Lipinski definition) is 4. The third-order valence-electron chi connectivity index (χ3n) is 4.19. The van der Waals surface area contributed by atoms with Gasteiger partial charge in [0.25, 0.3) is 5.91 Å². The van der Waals surface area contributed by atoms with Gasteiger partial charge in [-0.1, -0.05) is 19.4 Å². The Hall–Kier alpha value is -1.59.